The summed E-state index contributed by atoms with van der Waals surface area (Å²) >= 11 is 0. The Kier molecular flexibility index (Phi) is 4.48. The van der Waals surface area contributed by atoms with Crippen LogP contribution in [0, 0.1) is 16.0 Å². The molecule has 0 unspecified atom stereocenters. The number of benzene rings is 1. The number of nitro benzene ring substituents is 1. The highest BCUT2D eigenvalue weighted by Crippen LogP contribution is 2.21. The van der Waals surface area contributed by atoms with Crippen LogP contribution in [0.25, 0.3) is 0 Å². The number of nitro groups is 1. The highest BCUT2D eigenvalue weighted by Gasteiger charge is 2.19. The molecule has 0 amide bonds. The average Bonchev–Trinajstić information content (AvgIpc) is 3.03. The minimum atomic E-state index is -0.356. The molecule has 116 valence electrons. The van der Waals surface area contributed by atoms with E-state index in [1.807, 2.05) is 30.9 Å². The van der Waals surface area contributed by atoms with Gasteiger partial charge in [0.2, 0.25) is 0 Å². The number of aromatic nitrogens is 2. The van der Waals surface area contributed by atoms with Crippen LogP contribution in [0.3, 0.4) is 0 Å². The lowest BCUT2D eigenvalue weighted by molar-refractivity contribution is -0.384. The Morgan fingerprint density at radius 3 is 2.55 bits per heavy atom. The second-order valence-corrected chi connectivity index (χ2v) is 5.90. The van der Waals surface area contributed by atoms with Crippen LogP contribution in [0.5, 0.6) is 0 Å². The molecule has 22 heavy (non-hydrogen) atoms. The normalized spacial score (nSPS) is 16.7. The third-order valence-electron chi connectivity index (χ3n) is 4.29. The van der Waals surface area contributed by atoms with Gasteiger partial charge in [0.1, 0.15) is 0 Å². The fourth-order valence-corrected chi connectivity index (χ4v) is 3.00. The summed E-state index contributed by atoms with van der Waals surface area (Å²) in [6, 6.07) is 6.88. The molecule has 2 aromatic rings. The molecule has 6 nitrogen and oxygen atoms in total. The third kappa shape index (κ3) is 3.71. The van der Waals surface area contributed by atoms with Gasteiger partial charge in [0, 0.05) is 37.6 Å². The lowest BCUT2D eigenvalue weighted by Crippen LogP contribution is -2.34. The maximum absolute atomic E-state index is 10.7. The molecule has 3 rings (SSSR count). The van der Waals surface area contributed by atoms with Crippen molar-refractivity contribution in [2.75, 3.05) is 13.1 Å². The van der Waals surface area contributed by atoms with Crippen LogP contribution in [0.2, 0.25) is 0 Å². The summed E-state index contributed by atoms with van der Waals surface area (Å²) < 4.78 is 2.15. The Hall–Kier alpha value is -2.21. The number of likely N-dealkylation sites (tertiary alicyclic amines) is 1. The summed E-state index contributed by atoms with van der Waals surface area (Å²) in [7, 11) is 0. The van der Waals surface area contributed by atoms with E-state index in [9.17, 15) is 10.1 Å². The van der Waals surface area contributed by atoms with Gasteiger partial charge in [-0.1, -0.05) is 12.1 Å². The van der Waals surface area contributed by atoms with E-state index in [0.717, 1.165) is 31.7 Å². The molecule has 0 saturated carbocycles. The zero-order valence-corrected chi connectivity index (χ0v) is 12.5. The predicted octanol–water partition coefficient (Wildman–Crippen LogP) is 2.70. The van der Waals surface area contributed by atoms with Crippen molar-refractivity contribution in [2.24, 2.45) is 5.92 Å². The number of non-ortho nitro benzene ring substituents is 1. The van der Waals surface area contributed by atoms with Gasteiger partial charge in [-0.2, -0.15) is 0 Å². The van der Waals surface area contributed by atoms with Crippen LogP contribution in [-0.4, -0.2) is 32.5 Å². The van der Waals surface area contributed by atoms with Gasteiger partial charge in [-0.05, 0) is 37.4 Å². The molecule has 0 atom stereocenters. The van der Waals surface area contributed by atoms with E-state index in [1.165, 1.54) is 12.8 Å². The highest BCUT2D eigenvalue weighted by molar-refractivity contribution is 5.32. The number of nitrogens with zero attached hydrogens (tertiary/aromatic N) is 4. The van der Waals surface area contributed by atoms with Crippen molar-refractivity contribution < 1.29 is 4.92 Å². The molecule has 1 aromatic carbocycles. The van der Waals surface area contributed by atoms with E-state index in [0.29, 0.717) is 5.92 Å². The molecule has 1 aliphatic heterocycles. The Labute approximate surface area is 129 Å². The SMILES string of the molecule is O=[N+]([O-])c1ccc(CN2CCC(Cn3ccnc3)CC2)cc1. The molecular weight excluding hydrogens is 280 g/mol. The predicted molar refractivity (Wildman–Crippen MR) is 83.3 cm³/mol. The summed E-state index contributed by atoms with van der Waals surface area (Å²) in [5.74, 6) is 0.710. The van der Waals surface area contributed by atoms with Gasteiger partial charge < -0.3 is 4.57 Å². The van der Waals surface area contributed by atoms with Crippen molar-refractivity contribution in [1.29, 1.82) is 0 Å². The van der Waals surface area contributed by atoms with Crippen LogP contribution >= 0.6 is 0 Å². The van der Waals surface area contributed by atoms with Gasteiger partial charge in [-0.25, -0.2) is 4.98 Å². The van der Waals surface area contributed by atoms with E-state index >= 15 is 0 Å². The topological polar surface area (TPSA) is 64.2 Å². The molecule has 6 heteroatoms. The van der Waals surface area contributed by atoms with Crippen molar-refractivity contribution in [3.63, 3.8) is 0 Å². The molecule has 0 aliphatic carbocycles. The van der Waals surface area contributed by atoms with E-state index in [4.69, 9.17) is 0 Å². The monoisotopic (exact) mass is 300 g/mol. The molecule has 0 spiro atoms. The second kappa shape index (κ2) is 6.70. The maximum atomic E-state index is 10.7. The summed E-state index contributed by atoms with van der Waals surface area (Å²) in [5, 5.41) is 10.7. The first-order chi connectivity index (χ1) is 10.7. The summed E-state index contributed by atoms with van der Waals surface area (Å²) in [6.45, 7) is 4.08. The van der Waals surface area contributed by atoms with Gasteiger partial charge >= 0.3 is 0 Å². The number of hydrogen-bond donors (Lipinski definition) is 0. The zero-order chi connectivity index (χ0) is 15.4. The van der Waals surface area contributed by atoms with Gasteiger partial charge in [0.25, 0.3) is 5.69 Å². The van der Waals surface area contributed by atoms with Gasteiger partial charge in [-0.15, -0.1) is 0 Å². The minimum Gasteiger partial charge on any atom is -0.337 e. The van der Waals surface area contributed by atoms with Crippen LogP contribution in [-0.2, 0) is 13.1 Å². The van der Waals surface area contributed by atoms with Crippen LogP contribution in [0.15, 0.2) is 43.0 Å². The molecule has 1 aliphatic rings. The fraction of sp³-hybridized carbons (Fsp3) is 0.438. The number of imidazole rings is 1. The van der Waals surface area contributed by atoms with E-state index in [1.54, 1.807) is 12.1 Å². The van der Waals surface area contributed by atoms with E-state index in [2.05, 4.69) is 14.5 Å². The Balaban J connectivity index is 1.48. The van der Waals surface area contributed by atoms with E-state index < -0.39 is 0 Å². The molecule has 1 saturated heterocycles. The van der Waals surface area contributed by atoms with Gasteiger partial charge in [-0.3, -0.25) is 15.0 Å². The van der Waals surface area contributed by atoms with Crippen LogP contribution < -0.4 is 0 Å². The Bertz CT molecular complexity index is 602. The molecule has 0 N–H and O–H groups in total. The first-order valence-corrected chi connectivity index (χ1v) is 7.62. The van der Waals surface area contributed by atoms with Crippen molar-refractivity contribution >= 4 is 5.69 Å². The summed E-state index contributed by atoms with van der Waals surface area (Å²) in [4.78, 5) is 16.8. The Morgan fingerprint density at radius 2 is 1.95 bits per heavy atom. The lowest BCUT2D eigenvalue weighted by Gasteiger charge is -2.32. The number of piperidine rings is 1. The average molecular weight is 300 g/mol. The first-order valence-electron chi connectivity index (χ1n) is 7.62. The quantitative estimate of drug-likeness (QED) is 0.629. The molecule has 1 aromatic heterocycles. The maximum Gasteiger partial charge on any atom is 0.269 e. The largest absolute Gasteiger partial charge is 0.337 e. The molecule has 0 radical (unpaired) electrons. The van der Waals surface area contributed by atoms with Crippen molar-refractivity contribution in [3.05, 3.63) is 58.7 Å². The van der Waals surface area contributed by atoms with Crippen LogP contribution in [0.4, 0.5) is 5.69 Å². The number of rotatable bonds is 5. The summed E-state index contributed by atoms with van der Waals surface area (Å²) in [6.07, 6.45) is 8.09. The molecule has 0 bridgehead atoms. The zero-order valence-electron chi connectivity index (χ0n) is 12.5. The van der Waals surface area contributed by atoms with E-state index in [-0.39, 0.29) is 10.6 Å². The first kappa shape index (κ1) is 14.7. The van der Waals surface area contributed by atoms with Crippen LogP contribution in [0.1, 0.15) is 18.4 Å². The molecule has 1 fully saturated rings. The van der Waals surface area contributed by atoms with Gasteiger partial charge in [0.15, 0.2) is 0 Å². The van der Waals surface area contributed by atoms with Crippen molar-refractivity contribution in [1.82, 2.24) is 14.5 Å². The Morgan fingerprint density at radius 1 is 1.23 bits per heavy atom. The fourth-order valence-electron chi connectivity index (χ4n) is 3.00. The second-order valence-electron chi connectivity index (χ2n) is 5.90. The molecular formula is C16H20N4O2. The smallest absolute Gasteiger partial charge is 0.269 e. The standard InChI is InChI=1S/C16H20N4O2/c21-20(22)16-3-1-14(2-4-16)11-18-8-5-15(6-9-18)12-19-10-7-17-13-19/h1-4,7,10,13,15H,5-6,8-9,11-12H2. The number of hydrogen-bond acceptors (Lipinski definition) is 4. The van der Waals surface area contributed by atoms with Gasteiger partial charge in [0.05, 0.1) is 11.3 Å². The minimum absolute atomic E-state index is 0.155. The lowest BCUT2D eigenvalue weighted by atomic mass is 9.96. The highest BCUT2D eigenvalue weighted by atomic mass is 16.6. The summed E-state index contributed by atoms with van der Waals surface area (Å²) in [5.41, 5.74) is 1.29. The third-order valence-corrected chi connectivity index (χ3v) is 4.29. The van der Waals surface area contributed by atoms with Crippen molar-refractivity contribution in [2.45, 2.75) is 25.9 Å². The van der Waals surface area contributed by atoms with Crippen molar-refractivity contribution in [3.8, 4) is 0 Å². The molecule has 2 heterocycles.